The van der Waals surface area contributed by atoms with Crippen molar-refractivity contribution in [2.24, 2.45) is 0 Å². The zero-order chi connectivity index (χ0) is 14.9. The second kappa shape index (κ2) is 8.17. The van der Waals surface area contributed by atoms with Gasteiger partial charge >= 0.3 is 0 Å². The Labute approximate surface area is 125 Å². The third-order valence-electron chi connectivity index (χ3n) is 3.26. The van der Waals surface area contributed by atoms with Gasteiger partial charge in [-0.15, -0.1) is 0 Å². The molecule has 2 rings (SSSR count). The van der Waals surface area contributed by atoms with Crippen molar-refractivity contribution in [2.45, 2.75) is 13.0 Å². The summed E-state index contributed by atoms with van der Waals surface area (Å²) in [6, 6.07) is 14.0. The van der Waals surface area contributed by atoms with Gasteiger partial charge in [0.15, 0.2) is 0 Å². The molecule has 4 nitrogen and oxygen atoms in total. The van der Waals surface area contributed by atoms with Crippen molar-refractivity contribution < 1.29 is 9.53 Å². The predicted octanol–water partition coefficient (Wildman–Crippen LogP) is 2.30. The smallest absolute Gasteiger partial charge is 0.248 e. The molecule has 0 aliphatic rings. The Morgan fingerprint density at radius 1 is 1.10 bits per heavy atom. The molecular weight excluding hydrogens is 264 g/mol. The second-order valence-electron chi connectivity index (χ2n) is 4.84. The molecule has 1 aromatic carbocycles. The summed E-state index contributed by atoms with van der Waals surface area (Å²) < 4.78 is 4.97. The van der Waals surface area contributed by atoms with Crippen LogP contribution in [0.3, 0.4) is 0 Å². The molecule has 21 heavy (non-hydrogen) atoms. The van der Waals surface area contributed by atoms with Crippen LogP contribution in [0.2, 0.25) is 0 Å². The number of hydrogen-bond acceptors (Lipinski definition) is 3. The highest BCUT2D eigenvalue weighted by Crippen LogP contribution is 2.07. The van der Waals surface area contributed by atoms with E-state index in [2.05, 4.69) is 17.1 Å². The first-order valence-corrected chi connectivity index (χ1v) is 6.99. The lowest BCUT2D eigenvalue weighted by Gasteiger charge is -2.22. The van der Waals surface area contributed by atoms with Crippen LogP contribution in [0.5, 0.6) is 0 Å². The topological polar surface area (TPSA) is 42.4 Å². The lowest BCUT2D eigenvalue weighted by atomic mass is 10.1. The van der Waals surface area contributed by atoms with E-state index in [0.29, 0.717) is 13.1 Å². The molecule has 0 spiro atoms. The maximum atomic E-state index is 12.2. The Balaban J connectivity index is 2.00. The Bertz CT molecular complexity index is 543. The number of carbonyl (C=O) groups is 1. The summed E-state index contributed by atoms with van der Waals surface area (Å²) in [6.07, 6.45) is 4.32. The monoisotopic (exact) mass is 284 g/mol. The number of rotatable bonds is 7. The maximum absolute atomic E-state index is 12.2. The third-order valence-corrected chi connectivity index (χ3v) is 3.26. The van der Waals surface area contributed by atoms with Crippen LogP contribution in [0.4, 0.5) is 0 Å². The number of hydrogen-bond donors (Lipinski definition) is 0. The largest absolute Gasteiger partial charge is 0.375 e. The molecule has 0 atom stereocenters. The summed E-state index contributed by atoms with van der Waals surface area (Å²) in [5, 5.41) is 0. The molecule has 1 heterocycles. The van der Waals surface area contributed by atoms with Gasteiger partial charge in [-0.3, -0.25) is 9.78 Å². The van der Waals surface area contributed by atoms with E-state index < -0.39 is 0 Å². The van der Waals surface area contributed by atoms with Crippen LogP contribution in [0.1, 0.15) is 11.1 Å². The maximum Gasteiger partial charge on any atom is 0.248 e. The van der Waals surface area contributed by atoms with E-state index in [9.17, 15) is 4.79 Å². The molecule has 0 N–H and O–H groups in total. The van der Waals surface area contributed by atoms with Crippen LogP contribution in [-0.4, -0.2) is 36.1 Å². The summed E-state index contributed by atoms with van der Waals surface area (Å²) in [7, 11) is 1.54. The van der Waals surface area contributed by atoms with Gasteiger partial charge < -0.3 is 9.64 Å². The summed E-state index contributed by atoms with van der Waals surface area (Å²) >= 11 is 0. The Hall–Kier alpha value is -2.20. The second-order valence-corrected chi connectivity index (χ2v) is 4.84. The molecule has 0 fully saturated rings. The molecule has 0 saturated carbocycles. The van der Waals surface area contributed by atoms with Crippen LogP contribution < -0.4 is 0 Å². The minimum absolute atomic E-state index is 0.00485. The van der Waals surface area contributed by atoms with Gasteiger partial charge in [-0.1, -0.05) is 30.3 Å². The lowest BCUT2D eigenvalue weighted by Crippen LogP contribution is -2.35. The van der Waals surface area contributed by atoms with Gasteiger partial charge in [0.25, 0.3) is 0 Å². The van der Waals surface area contributed by atoms with Crippen LogP contribution in [-0.2, 0) is 22.5 Å². The number of methoxy groups -OCH3 is 1. The molecule has 0 aliphatic carbocycles. The van der Waals surface area contributed by atoms with Gasteiger partial charge in [0.05, 0.1) is 0 Å². The molecule has 0 saturated heterocycles. The molecule has 0 bridgehead atoms. The van der Waals surface area contributed by atoms with E-state index in [1.165, 1.54) is 5.56 Å². The van der Waals surface area contributed by atoms with Crippen LogP contribution in [0.15, 0.2) is 54.9 Å². The number of pyridine rings is 1. The molecule has 4 heteroatoms. The van der Waals surface area contributed by atoms with E-state index >= 15 is 0 Å². The number of amides is 1. The van der Waals surface area contributed by atoms with E-state index in [4.69, 9.17) is 4.74 Å². The number of benzene rings is 1. The fourth-order valence-corrected chi connectivity index (χ4v) is 2.12. The van der Waals surface area contributed by atoms with Crippen LogP contribution in [0.25, 0.3) is 0 Å². The van der Waals surface area contributed by atoms with Gasteiger partial charge in [0.2, 0.25) is 5.91 Å². The minimum Gasteiger partial charge on any atom is -0.375 e. The highest BCUT2D eigenvalue weighted by Gasteiger charge is 2.13. The highest BCUT2D eigenvalue weighted by atomic mass is 16.5. The number of nitrogens with zero attached hydrogens (tertiary/aromatic N) is 2. The standard InChI is InChI=1S/C17H20N2O2/c1-21-14-17(20)19(13-16-7-10-18-11-8-16)12-9-15-5-3-2-4-6-15/h2-8,10-11H,9,12-14H2,1H3. The van der Waals surface area contributed by atoms with Gasteiger partial charge in [0, 0.05) is 32.6 Å². The zero-order valence-electron chi connectivity index (χ0n) is 12.2. The van der Waals surface area contributed by atoms with Gasteiger partial charge in [-0.25, -0.2) is 0 Å². The number of carbonyl (C=O) groups excluding carboxylic acids is 1. The van der Waals surface area contributed by atoms with Crippen LogP contribution >= 0.6 is 0 Å². The normalized spacial score (nSPS) is 10.3. The van der Waals surface area contributed by atoms with Crippen molar-refractivity contribution in [1.29, 1.82) is 0 Å². The lowest BCUT2D eigenvalue weighted by molar-refractivity contribution is -0.135. The minimum atomic E-state index is 0.00485. The fraction of sp³-hybridized carbons (Fsp3) is 0.294. The summed E-state index contributed by atoms with van der Waals surface area (Å²) in [5.74, 6) is 0.00485. The number of aromatic nitrogens is 1. The SMILES string of the molecule is COCC(=O)N(CCc1ccccc1)Cc1ccncc1. The fourth-order valence-electron chi connectivity index (χ4n) is 2.12. The van der Waals surface area contributed by atoms with Crippen LogP contribution in [0, 0.1) is 0 Å². The van der Waals surface area contributed by atoms with Crippen molar-refractivity contribution in [3.05, 3.63) is 66.0 Å². The summed E-state index contributed by atoms with van der Waals surface area (Å²) in [5.41, 5.74) is 2.30. The highest BCUT2D eigenvalue weighted by molar-refractivity contribution is 5.77. The van der Waals surface area contributed by atoms with Crippen molar-refractivity contribution in [3.8, 4) is 0 Å². The summed E-state index contributed by atoms with van der Waals surface area (Å²) in [6.45, 7) is 1.37. The van der Waals surface area contributed by atoms with E-state index in [-0.39, 0.29) is 12.5 Å². The van der Waals surface area contributed by atoms with Crippen molar-refractivity contribution in [1.82, 2.24) is 9.88 Å². The summed E-state index contributed by atoms with van der Waals surface area (Å²) in [4.78, 5) is 18.0. The predicted molar refractivity (Wildman–Crippen MR) is 81.7 cm³/mol. The zero-order valence-corrected chi connectivity index (χ0v) is 12.2. The average Bonchev–Trinajstić information content (AvgIpc) is 2.53. The quantitative estimate of drug-likeness (QED) is 0.783. The number of ether oxygens (including phenoxy) is 1. The Kier molecular flexibility index (Phi) is 5.91. The van der Waals surface area contributed by atoms with E-state index in [0.717, 1.165) is 12.0 Å². The van der Waals surface area contributed by atoms with Crippen molar-refractivity contribution in [2.75, 3.05) is 20.3 Å². The third kappa shape index (κ3) is 5.00. The Morgan fingerprint density at radius 3 is 2.48 bits per heavy atom. The first kappa shape index (κ1) is 15.2. The first-order valence-electron chi connectivity index (χ1n) is 6.99. The van der Waals surface area contributed by atoms with Gasteiger partial charge in [0.1, 0.15) is 6.61 Å². The van der Waals surface area contributed by atoms with Crippen molar-refractivity contribution >= 4 is 5.91 Å². The van der Waals surface area contributed by atoms with Crippen molar-refractivity contribution in [3.63, 3.8) is 0 Å². The molecular formula is C17H20N2O2. The van der Waals surface area contributed by atoms with Gasteiger partial charge in [-0.05, 0) is 29.7 Å². The van der Waals surface area contributed by atoms with E-state index in [1.807, 2.05) is 35.2 Å². The van der Waals surface area contributed by atoms with E-state index in [1.54, 1.807) is 19.5 Å². The Morgan fingerprint density at radius 2 is 1.81 bits per heavy atom. The molecule has 2 aromatic rings. The molecule has 0 aliphatic heterocycles. The molecule has 0 radical (unpaired) electrons. The average molecular weight is 284 g/mol. The van der Waals surface area contributed by atoms with Gasteiger partial charge in [-0.2, -0.15) is 0 Å². The molecule has 1 amide bonds. The molecule has 1 aromatic heterocycles. The molecule has 110 valence electrons. The first-order chi connectivity index (χ1) is 10.3. The molecule has 0 unspecified atom stereocenters.